The quantitative estimate of drug-likeness (QED) is 0.869. The van der Waals surface area contributed by atoms with E-state index in [1.807, 2.05) is 26.0 Å². The van der Waals surface area contributed by atoms with Crippen molar-refractivity contribution in [3.8, 4) is 0 Å². The molecule has 98 valence electrons. The molecular formula is C15H13BrFNO. The number of benzene rings is 2. The van der Waals surface area contributed by atoms with Crippen LogP contribution in [-0.2, 0) is 0 Å². The second-order valence-corrected chi connectivity index (χ2v) is 5.18. The molecule has 2 aromatic carbocycles. The highest BCUT2D eigenvalue weighted by Crippen LogP contribution is 2.25. The van der Waals surface area contributed by atoms with Gasteiger partial charge in [-0.1, -0.05) is 15.9 Å². The summed E-state index contributed by atoms with van der Waals surface area (Å²) in [6, 6.07) is 9.24. The van der Waals surface area contributed by atoms with Gasteiger partial charge >= 0.3 is 0 Å². The first-order chi connectivity index (χ1) is 8.97. The van der Waals surface area contributed by atoms with Crippen molar-refractivity contribution in [2.24, 2.45) is 0 Å². The molecule has 0 saturated carbocycles. The number of amides is 1. The van der Waals surface area contributed by atoms with E-state index >= 15 is 0 Å². The molecule has 19 heavy (non-hydrogen) atoms. The molecule has 0 aliphatic rings. The van der Waals surface area contributed by atoms with E-state index in [4.69, 9.17) is 0 Å². The lowest BCUT2D eigenvalue weighted by atomic mass is 10.1. The van der Waals surface area contributed by atoms with Crippen LogP contribution in [-0.4, -0.2) is 5.91 Å². The molecule has 1 amide bonds. The summed E-state index contributed by atoms with van der Waals surface area (Å²) in [5.41, 5.74) is 3.26. The maximum Gasteiger partial charge on any atom is 0.255 e. The highest BCUT2D eigenvalue weighted by Gasteiger charge is 2.08. The van der Waals surface area contributed by atoms with Gasteiger partial charge in [-0.2, -0.15) is 0 Å². The van der Waals surface area contributed by atoms with Crippen LogP contribution in [0.4, 0.5) is 10.1 Å². The maximum atomic E-state index is 12.8. The highest BCUT2D eigenvalue weighted by atomic mass is 79.9. The van der Waals surface area contributed by atoms with E-state index in [9.17, 15) is 9.18 Å². The van der Waals surface area contributed by atoms with Crippen LogP contribution >= 0.6 is 15.9 Å². The van der Waals surface area contributed by atoms with Gasteiger partial charge in [0, 0.05) is 15.7 Å². The Morgan fingerprint density at radius 3 is 2.16 bits per heavy atom. The number of rotatable bonds is 2. The third-order valence-electron chi connectivity index (χ3n) is 2.80. The summed E-state index contributed by atoms with van der Waals surface area (Å²) >= 11 is 3.48. The number of halogens is 2. The van der Waals surface area contributed by atoms with Crippen LogP contribution < -0.4 is 5.32 Å². The average Bonchev–Trinajstić information content (AvgIpc) is 2.36. The summed E-state index contributed by atoms with van der Waals surface area (Å²) in [5, 5.41) is 2.80. The Balaban J connectivity index is 2.22. The van der Waals surface area contributed by atoms with Gasteiger partial charge < -0.3 is 5.32 Å². The van der Waals surface area contributed by atoms with Crippen molar-refractivity contribution in [3.05, 3.63) is 63.4 Å². The van der Waals surface area contributed by atoms with Crippen LogP contribution in [0, 0.1) is 19.7 Å². The summed E-state index contributed by atoms with van der Waals surface area (Å²) < 4.78 is 13.8. The fourth-order valence-electron chi connectivity index (χ4n) is 1.82. The van der Waals surface area contributed by atoms with Gasteiger partial charge in [-0.25, -0.2) is 4.39 Å². The topological polar surface area (TPSA) is 29.1 Å². The van der Waals surface area contributed by atoms with Crippen LogP contribution in [0.15, 0.2) is 40.9 Å². The number of anilines is 1. The molecule has 4 heteroatoms. The van der Waals surface area contributed by atoms with Crippen LogP contribution in [0.5, 0.6) is 0 Å². The third-order valence-corrected chi connectivity index (χ3v) is 4.05. The minimum atomic E-state index is -0.355. The lowest BCUT2D eigenvalue weighted by Crippen LogP contribution is -2.12. The van der Waals surface area contributed by atoms with Gasteiger partial charge in [0.05, 0.1) is 0 Å². The standard InChI is InChI=1S/C15H13BrFNO/c1-9-7-13(8-10(2)14(9)16)18-15(19)11-3-5-12(17)6-4-11/h3-8H,1-2H3,(H,18,19). The van der Waals surface area contributed by atoms with E-state index in [0.29, 0.717) is 5.56 Å². The Morgan fingerprint density at radius 1 is 1.11 bits per heavy atom. The van der Waals surface area contributed by atoms with E-state index in [1.54, 1.807) is 0 Å². The lowest BCUT2D eigenvalue weighted by molar-refractivity contribution is 0.102. The summed E-state index contributed by atoms with van der Waals surface area (Å²) in [6.07, 6.45) is 0. The SMILES string of the molecule is Cc1cc(NC(=O)c2ccc(F)cc2)cc(C)c1Br. The highest BCUT2D eigenvalue weighted by molar-refractivity contribution is 9.10. The molecule has 0 spiro atoms. The molecule has 0 heterocycles. The second-order valence-electron chi connectivity index (χ2n) is 4.39. The van der Waals surface area contributed by atoms with Crippen molar-refractivity contribution in [2.75, 3.05) is 5.32 Å². The first kappa shape index (κ1) is 13.7. The molecule has 2 rings (SSSR count). The Hall–Kier alpha value is -1.68. The Kier molecular flexibility index (Phi) is 4.00. The maximum absolute atomic E-state index is 12.8. The second kappa shape index (κ2) is 5.53. The normalized spacial score (nSPS) is 10.3. The summed E-state index contributed by atoms with van der Waals surface area (Å²) in [4.78, 5) is 12.0. The molecule has 1 N–H and O–H groups in total. The predicted octanol–water partition coefficient (Wildman–Crippen LogP) is 4.46. The van der Waals surface area contributed by atoms with Gasteiger partial charge in [0.1, 0.15) is 5.82 Å². The third kappa shape index (κ3) is 3.20. The largest absolute Gasteiger partial charge is 0.322 e. The van der Waals surface area contributed by atoms with Gasteiger partial charge in [-0.15, -0.1) is 0 Å². The Labute approximate surface area is 119 Å². The number of carbonyl (C=O) groups is 1. The first-order valence-electron chi connectivity index (χ1n) is 5.81. The molecule has 0 unspecified atom stereocenters. The van der Waals surface area contributed by atoms with Crippen molar-refractivity contribution in [1.29, 1.82) is 0 Å². The van der Waals surface area contributed by atoms with Crippen molar-refractivity contribution in [3.63, 3.8) is 0 Å². The minimum Gasteiger partial charge on any atom is -0.322 e. The first-order valence-corrected chi connectivity index (χ1v) is 6.60. The summed E-state index contributed by atoms with van der Waals surface area (Å²) in [5.74, 6) is -0.604. The zero-order valence-corrected chi connectivity index (χ0v) is 12.2. The van der Waals surface area contributed by atoms with Crippen LogP contribution in [0.2, 0.25) is 0 Å². The molecule has 0 aliphatic heterocycles. The van der Waals surface area contributed by atoms with Gasteiger partial charge in [-0.3, -0.25) is 4.79 Å². The van der Waals surface area contributed by atoms with Gasteiger partial charge in [0.15, 0.2) is 0 Å². The van der Waals surface area contributed by atoms with Crippen LogP contribution in [0.1, 0.15) is 21.5 Å². The average molecular weight is 322 g/mol. The number of hydrogen-bond acceptors (Lipinski definition) is 1. The summed E-state index contributed by atoms with van der Waals surface area (Å²) in [6.45, 7) is 3.93. The van der Waals surface area contributed by atoms with E-state index in [2.05, 4.69) is 21.2 Å². The fraction of sp³-hybridized carbons (Fsp3) is 0.133. The van der Waals surface area contributed by atoms with Crippen LogP contribution in [0.3, 0.4) is 0 Å². The van der Waals surface area contributed by atoms with Crippen molar-refractivity contribution < 1.29 is 9.18 Å². The van der Waals surface area contributed by atoms with Crippen LogP contribution in [0.25, 0.3) is 0 Å². The molecule has 0 saturated heterocycles. The number of aryl methyl sites for hydroxylation is 2. The number of nitrogens with one attached hydrogen (secondary N) is 1. The van der Waals surface area contributed by atoms with Gasteiger partial charge in [-0.05, 0) is 61.4 Å². The van der Waals surface area contributed by atoms with Gasteiger partial charge in [0.25, 0.3) is 5.91 Å². The lowest BCUT2D eigenvalue weighted by Gasteiger charge is -2.09. The zero-order chi connectivity index (χ0) is 14.0. The van der Waals surface area contributed by atoms with Crippen molar-refractivity contribution >= 4 is 27.5 Å². The molecular weight excluding hydrogens is 309 g/mol. The fourth-order valence-corrected chi connectivity index (χ4v) is 2.05. The molecule has 2 aromatic rings. The molecule has 0 aliphatic carbocycles. The number of hydrogen-bond donors (Lipinski definition) is 1. The molecule has 2 nitrogen and oxygen atoms in total. The predicted molar refractivity (Wildman–Crippen MR) is 78.0 cm³/mol. The van der Waals surface area contributed by atoms with E-state index in [1.165, 1.54) is 24.3 Å². The molecule has 0 bridgehead atoms. The summed E-state index contributed by atoms with van der Waals surface area (Å²) in [7, 11) is 0. The van der Waals surface area contributed by atoms with Crippen molar-refractivity contribution in [1.82, 2.24) is 0 Å². The Bertz CT molecular complexity index is 600. The molecule has 0 fully saturated rings. The molecule has 0 aromatic heterocycles. The minimum absolute atomic E-state index is 0.249. The van der Waals surface area contributed by atoms with E-state index in [-0.39, 0.29) is 11.7 Å². The monoisotopic (exact) mass is 321 g/mol. The van der Waals surface area contributed by atoms with Crippen molar-refractivity contribution in [2.45, 2.75) is 13.8 Å². The number of carbonyl (C=O) groups excluding carboxylic acids is 1. The van der Waals surface area contributed by atoms with Gasteiger partial charge in [0.2, 0.25) is 0 Å². The molecule has 0 radical (unpaired) electrons. The van der Waals surface area contributed by atoms with E-state index in [0.717, 1.165) is 21.3 Å². The smallest absolute Gasteiger partial charge is 0.255 e. The van der Waals surface area contributed by atoms with E-state index < -0.39 is 0 Å². The Morgan fingerprint density at radius 2 is 1.63 bits per heavy atom. The molecule has 0 atom stereocenters. The zero-order valence-electron chi connectivity index (χ0n) is 10.6.